The van der Waals surface area contributed by atoms with Crippen molar-refractivity contribution in [3.05, 3.63) is 69.7 Å². The molecule has 0 aliphatic carbocycles. The molecule has 2 aromatic rings. The fourth-order valence-corrected chi connectivity index (χ4v) is 2.99. The molecule has 0 spiro atoms. The van der Waals surface area contributed by atoms with Gasteiger partial charge in [0, 0.05) is 23.1 Å². The summed E-state index contributed by atoms with van der Waals surface area (Å²) in [5.74, 6) is -0.261. The summed E-state index contributed by atoms with van der Waals surface area (Å²) >= 11 is 3.37. The maximum absolute atomic E-state index is 12.8. The summed E-state index contributed by atoms with van der Waals surface area (Å²) < 4.78 is 0.917. The van der Waals surface area contributed by atoms with Gasteiger partial charge in [-0.2, -0.15) is 0 Å². The Morgan fingerprint density at radius 2 is 1.78 bits per heavy atom. The van der Waals surface area contributed by atoms with E-state index in [0.717, 1.165) is 15.6 Å². The SMILES string of the molecule is Cc1ccc(C2C(=O)NCCN2C(=O)c2ccc(Br)cc2)cc1. The second kappa shape index (κ2) is 6.54. The van der Waals surface area contributed by atoms with E-state index in [9.17, 15) is 9.59 Å². The van der Waals surface area contributed by atoms with Gasteiger partial charge in [-0.15, -0.1) is 0 Å². The second-order valence-corrected chi connectivity index (χ2v) is 6.53. The first-order chi connectivity index (χ1) is 11.1. The standard InChI is InChI=1S/C18H17BrN2O2/c1-12-2-4-13(5-3-12)16-17(22)20-10-11-21(16)18(23)14-6-8-15(19)9-7-14/h2-9,16H,10-11H2,1H3,(H,20,22). The highest BCUT2D eigenvalue weighted by Gasteiger charge is 2.34. The van der Waals surface area contributed by atoms with E-state index in [1.54, 1.807) is 17.0 Å². The average Bonchev–Trinajstić information content (AvgIpc) is 2.56. The predicted molar refractivity (Wildman–Crippen MR) is 92.1 cm³/mol. The Bertz CT molecular complexity index is 726. The van der Waals surface area contributed by atoms with E-state index in [2.05, 4.69) is 21.2 Å². The van der Waals surface area contributed by atoms with Gasteiger partial charge in [0.1, 0.15) is 6.04 Å². The van der Waals surface area contributed by atoms with Gasteiger partial charge in [-0.25, -0.2) is 0 Å². The number of rotatable bonds is 2. The Morgan fingerprint density at radius 3 is 2.43 bits per heavy atom. The van der Waals surface area contributed by atoms with Gasteiger partial charge in [-0.3, -0.25) is 9.59 Å². The largest absolute Gasteiger partial charge is 0.352 e. The van der Waals surface area contributed by atoms with Crippen LogP contribution in [0.4, 0.5) is 0 Å². The lowest BCUT2D eigenvalue weighted by molar-refractivity contribution is -0.128. The first kappa shape index (κ1) is 15.7. The highest BCUT2D eigenvalue weighted by Crippen LogP contribution is 2.26. The molecule has 4 nitrogen and oxygen atoms in total. The van der Waals surface area contributed by atoms with Gasteiger partial charge in [-0.1, -0.05) is 45.8 Å². The number of carbonyl (C=O) groups excluding carboxylic acids is 2. The van der Waals surface area contributed by atoms with E-state index in [1.165, 1.54) is 0 Å². The zero-order valence-corrected chi connectivity index (χ0v) is 14.3. The molecule has 1 aliphatic heterocycles. The number of benzene rings is 2. The van der Waals surface area contributed by atoms with Crippen molar-refractivity contribution >= 4 is 27.7 Å². The fourth-order valence-electron chi connectivity index (χ4n) is 2.72. The summed E-state index contributed by atoms with van der Waals surface area (Å²) in [5.41, 5.74) is 2.54. The molecule has 1 atom stereocenters. The molecule has 2 amide bonds. The van der Waals surface area contributed by atoms with Crippen LogP contribution in [0, 0.1) is 6.92 Å². The van der Waals surface area contributed by atoms with Crippen LogP contribution in [-0.4, -0.2) is 29.8 Å². The molecule has 0 radical (unpaired) electrons. The Kier molecular flexibility index (Phi) is 4.48. The van der Waals surface area contributed by atoms with Gasteiger partial charge < -0.3 is 10.2 Å². The number of hydrogen-bond donors (Lipinski definition) is 1. The molecule has 1 heterocycles. The van der Waals surface area contributed by atoms with Gasteiger partial charge >= 0.3 is 0 Å². The smallest absolute Gasteiger partial charge is 0.254 e. The minimum Gasteiger partial charge on any atom is -0.352 e. The Labute approximate surface area is 143 Å². The second-order valence-electron chi connectivity index (χ2n) is 5.61. The molecule has 23 heavy (non-hydrogen) atoms. The van der Waals surface area contributed by atoms with Crippen LogP contribution in [0.1, 0.15) is 27.5 Å². The fraction of sp³-hybridized carbons (Fsp3) is 0.222. The Hall–Kier alpha value is -2.14. The number of nitrogens with zero attached hydrogens (tertiary/aromatic N) is 1. The average molecular weight is 373 g/mol. The Balaban J connectivity index is 1.94. The third-order valence-electron chi connectivity index (χ3n) is 3.96. The van der Waals surface area contributed by atoms with Crippen molar-refractivity contribution in [2.75, 3.05) is 13.1 Å². The molecule has 118 valence electrons. The van der Waals surface area contributed by atoms with Crippen LogP contribution in [-0.2, 0) is 4.79 Å². The van der Waals surface area contributed by atoms with Crippen molar-refractivity contribution in [1.82, 2.24) is 10.2 Å². The zero-order valence-electron chi connectivity index (χ0n) is 12.8. The normalized spacial score (nSPS) is 17.7. The third-order valence-corrected chi connectivity index (χ3v) is 4.49. The minimum absolute atomic E-state index is 0.127. The van der Waals surface area contributed by atoms with Crippen molar-refractivity contribution in [2.24, 2.45) is 0 Å². The van der Waals surface area contributed by atoms with Crippen molar-refractivity contribution in [3.8, 4) is 0 Å². The first-order valence-electron chi connectivity index (χ1n) is 7.47. The molecule has 0 saturated carbocycles. The first-order valence-corrected chi connectivity index (χ1v) is 8.26. The predicted octanol–water partition coefficient (Wildman–Crippen LogP) is 3.07. The monoisotopic (exact) mass is 372 g/mol. The van der Waals surface area contributed by atoms with E-state index >= 15 is 0 Å². The summed E-state index contributed by atoms with van der Waals surface area (Å²) in [7, 11) is 0. The van der Waals surface area contributed by atoms with Crippen molar-refractivity contribution in [2.45, 2.75) is 13.0 Å². The van der Waals surface area contributed by atoms with Crippen LogP contribution in [0.15, 0.2) is 53.0 Å². The lowest BCUT2D eigenvalue weighted by Crippen LogP contribution is -2.52. The molecule has 1 N–H and O–H groups in total. The third kappa shape index (κ3) is 3.29. The molecule has 1 unspecified atom stereocenters. The van der Waals surface area contributed by atoms with Gasteiger partial charge in [0.05, 0.1) is 0 Å². The summed E-state index contributed by atoms with van der Waals surface area (Å²) in [6, 6.07) is 14.4. The van der Waals surface area contributed by atoms with E-state index in [0.29, 0.717) is 18.7 Å². The van der Waals surface area contributed by atoms with E-state index in [4.69, 9.17) is 0 Å². The van der Waals surface area contributed by atoms with Crippen molar-refractivity contribution in [1.29, 1.82) is 0 Å². The van der Waals surface area contributed by atoms with Gasteiger partial charge in [0.25, 0.3) is 5.91 Å². The maximum atomic E-state index is 12.8. The summed E-state index contributed by atoms with van der Waals surface area (Å²) in [5, 5.41) is 2.85. The Morgan fingerprint density at radius 1 is 1.13 bits per heavy atom. The summed E-state index contributed by atoms with van der Waals surface area (Å²) in [6.07, 6.45) is 0. The molecule has 3 rings (SSSR count). The molecular formula is C18H17BrN2O2. The minimum atomic E-state index is -0.583. The summed E-state index contributed by atoms with van der Waals surface area (Å²) in [4.78, 5) is 26.9. The lowest BCUT2D eigenvalue weighted by atomic mass is 10.00. The molecule has 5 heteroatoms. The topological polar surface area (TPSA) is 49.4 Å². The number of piperazine rings is 1. The number of halogens is 1. The van der Waals surface area contributed by atoms with Gasteiger partial charge in [0.2, 0.25) is 5.91 Å². The number of hydrogen-bond acceptors (Lipinski definition) is 2. The van der Waals surface area contributed by atoms with E-state index in [1.807, 2.05) is 43.3 Å². The number of carbonyl (C=O) groups is 2. The number of nitrogens with one attached hydrogen (secondary N) is 1. The lowest BCUT2D eigenvalue weighted by Gasteiger charge is -2.35. The molecule has 1 fully saturated rings. The number of aryl methyl sites for hydroxylation is 1. The highest BCUT2D eigenvalue weighted by molar-refractivity contribution is 9.10. The van der Waals surface area contributed by atoms with Crippen LogP contribution in [0.2, 0.25) is 0 Å². The molecule has 1 saturated heterocycles. The van der Waals surface area contributed by atoms with Gasteiger partial charge in [0.15, 0.2) is 0 Å². The van der Waals surface area contributed by atoms with Crippen LogP contribution in [0.5, 0.6) is 0 Å². The summed E-state index contributed by atoms with van der Waals surface area (Å²) in [6.45, 7) is 2.97. The van der Waals surface area contributed by atoms with E-state index < -0.39 is 6.04 Å². The van der Waals surface area contributed by atoms with Crippen LogP contribution < -0.4 is 5.32 Å². The maximum Gasteiger partial charge on any atom is 0.254 e. The van der Waals surface area contributed by atoms with Crippen LogP contribution in [0.3, 0.4) is 0 Å². The molecule has 1 aliphatic rings. The molecular weight excluding hydrogens is 356 g/mol. The molecule has 0 bridgehead atoms. The number of amides is 2. The van der Waals surface area contributed by atoms with Crippen LogP contribution in [0.25, 0.3) is 0 Å². The zero-order chi connectivity index (χ0) is 16.4. The van der Waals surface area contributed by atoms with Crippen LogP contribution >= 0.6 is 15.9 Å². The molecule has 0 aromatic heterocycles. The van der Waals surface area contributed by atoms with E-state index in [-0.39, 0.29) is 11.8 Å². The van der Waals surface area contributed by atoms with Gasteiger partial charge in [-0.05, 0) is 36.8 Å². The van der Waals surface area contributed by atoms with Crippen molar-refractivity contribution < 1.29 is 9.59 Å². The highest BCUT2D eigenvalue weighted by atomic mass is 79.9. The van der Waals surface area contributed by atoms with Crippen molar-refractivity contribution in [3.63, 3.8) is 0 Å². The molecule has 2 aromatic carbocycles. The quantitative estimate of drug-likeness (QED) is 0.880.